The Bertz CT molecular complexity index is 1190. The number of thioether (sulfide) groups is 1. The van der Waals surface area contributed by atoms with Crippen LogP contribution in [0, 0.1) is 0 Å². The largest absolute Gasteiger partial charge is 0.465 e. The summed E-state index contributed by atoms with van der Waals surface area (Å²) in [6, 6.07) is 6.06. The smallest absolute Gasteiger partial charge is 0.316 e. The Balaban J connectivity index is 1.48. The third-order valence-corrected chi connectivity index (χ3v) is 9.52. The van der Waals surface area contributed by atoms with Gasteiger partial charge in [0.25, 0.3) is 5.91 Å². The highest BCUT2D eigenvalue weighted by Crippen LogP contribution is 2.33. The van der Waals surface area contributed by atoms with Crippen molar-refractivity contribution >= 4 is 55.7 Å². The summed E-state index contributed by atoms with van der Waals surface area (Å²) < 4.78 is 35.9. The second-order valence-corrected chi connectivity index (χ2v) is 12.4. The highest BCUT2D eigenvalue weighted by atomic mass is 32.2. The number of amides is 1. The molecule has 10 nitrogen and oxygen atoms in total. The fraction of sp³-hybridized carbons (Fsp3) is 0.455. The van der Waals surface area contributed by atoms with Gasteiger partial charge in [-0.05, 0) is 31.9 Å². The standard InChI is InChI=1S/C22H25N3O7S3/c1-2-31-18(26)13-33-19-11-23-22(34-19)24-21(27)20(25-32-15-9-10-30-12-15)14-3-5-16(6-4-14)35(28,29)17-7-8-17/h3-6,11,15,17H,2,7-10,12-13H2,1H3,(H,23,24,27)/t15-/m1/s1. The van der Waals surface area contributed by atoms with Crippen molar-refractivity contribution in [3.63, 3.8) is 0 Å². The lowest BCUT2D eigenvalue weighted by molar-refractivity contribution is -0.139. The van der Waals surface area contributed by atoms with Crippen LogP contribution in [0.25, 0.3) is 0 Å². The summed E-state index contributed by atoms with van der Waals surface area (Å²) in [7, 11) is -3.35. The number of anilines is 1. The van der Waals surface area contributed by atoms with E-state index in [0.717, 1.165) is 4.21 Å². The number of esters is 1. The predicted molar refractivity (Wildman–Crippen MR) is 132 cm³/mol. The minimum atomic E-state index is -3.35. The van der Waals surface area contributed by atoms with E-state index >= 15 is 0 Å². The lowest BCUT2D eigenvalue weighted by Crippen LogP contribution is -2.25. The number of nitrogens with one attached hydrogen (secondary N) is 1. The molecule has 35 heavy (non-hydrogen) atoms. The first-order valence-electron chi connectivity index (χ1n) is 11.1. The second kappa shape index (κ2) is 11.5. The van der Waals surface area contributed by atoms with Gasteiger partial charge in [0.2, 0.25) is 0 Å². The molecular weight excluding hydrogens is 514 g/mol. The molecule has 1 saturated heterocycles. The Morgan fingerprint density at radius 2 is 2.03 bits per heavy atom. The van der Waals surface area contributed by atoms with E-state index in [2.05, 4.69) is 15.5 Å². The molecule has 2 fully saturated rings. The molecule has 0 spiro atoms. The summed E-state index contributed by atoms with van der Waals surface area (Å²) in [4.78, 5) is 34.6. The van der Waals surface area contributed by atoms with Gasteiger partial charge < -0.3 is 14.3 Å². The molecule has 1 N–H and O–H groups in total. The number of aromatic nitrogens is 1. The van der Waals surface area contributed by atoms with Crippen LogP contribution in [0.4, 0.5) is 5.13 Å². The summed E-state index contributed by atoms with van der Waals surface area (Å²) in [5.74, 6) is -0.743. The number of oxime groups is 1. The first-order valence-corrected chi connectivity index (χ1v) is 14.4. The monoisotopic (exact) mass is 539 g/mol. The van der Waals surface area contributed by atoms with E-state index in [0.29, 0.717) is 49.8 Å². The highest BCUT2D eigenvalue weighted by molar-refractivity contribution is 8.01. The maximum absolute atomic E-state index is 13.1. The van der Waals surface area contributed by atoms with Crippen molar-refractivity contribution in [3.8, 4) is 0 Å². The van der Waals surface area contributed by atoms with E-state index in [1.807, 2.05) is 0 Å². The number of sulfone groups is 1. The van der Waals surface area contributed by atoms with Crippen LogP contribution < -0.4 is 5.32 Å². The van der Waals surface area contributed by atoms with E-state index < -0.39 is 15.7 Å². The van der Waals surface area contributed by atoms with E-state index in [-0.39, 0.29) is 33.7 Å². The Labute approximate surface area is 211 Å². The van der Waals surface area contributed by atoms with Gasteiger partial charge in [0.05, 0.1) is 46.1 Å². The van der Waals surface area contributed by atoms with E-state index in [4.69, 9.17) is 14.3 Å². The molecule has 1 aliphatic heterocycles. The fourth-order valence-corrected chi connectivity index (χ4v) is 6.52. The molecule has 0 unspecified atom stereocenters. The molecule has 4 rings (SSSR count). The minimum Gasteiger partial charge on any atom is -0.465 e. The molecule has 2 aromatic rings. The van der Waals surface area contributed by atoms with Gasteiger partial charge in [-0.25, -0.2) is 13.4 Å². The second-order valence-electron chi connectivity index (χ2n) is 7.83. The predicted octanol–water partition coefficient (Wildman–Crippen LogP) is 2.88. The number of carbonyl (C=O) groups excluding carboxylic acids is 2. The van der Waals surface area contributed by atoms with Crippen molar-refractivity contribution in [3.05, 3.63) is 36.0 Å². The van der Waals surface area contributed by atoms with Gasteiger partial charge in [0.1, 0.15) is 0 Å². The molecule has 1 saturated carbocycles. The van der Waals surface area contributed by atoms with Crippen molar-refractivity contribution < 1.29 is 32.3 Å². The van der Waals surface area contributed by atoms with E-state index in [1.165, 1.54) is 35.2 Å². The molecule has 1 aliphatic carbocycles. The number of ether oxygens (including phenoxy) is 2. The van der Waals surface area contributed by atoms with Crippen molar-refractivity contribution in [2.24, 2.45) is 5.16 Å². The number of benzene rings is 1. The Morgan fingerprint density at radius 1 is 1.26 bits per heavy atom. The van der Waals surface area contributed by atoms with Crippen LogP contribution in [0.3, 0.4) is 0 Å². The highest BCUT2D eigenvalue weighted by Gasteiger charge is 2.36. The number of thiazole rings is 1. The molecule has 0 radical (unpaired) electrons. The zero-order valence-corrected chi connectivity index (χ0v) is 21.4. The molecule has 188 valence electrons. The maximum atomic E-state index is 13.1. The molecule has 1 amide bonds. The normalized spacial score (nSPS) is 18.3. The summed E-state index contributed by atoms with van der Waals surface area (Å²) in [5, 5.41) is 6.79. The van der Waals surface area contributed by atoms with Crippen molar-refractivity contribution in [2.75, 3.05) is 30.9 Å². The summed E-state index contributed by atoms with van der Waals surface area (Å²) in [6.45, 7) is 2.99. The quantitative estimate of drug-likeness (QED) is 0.198. The van der Waals surface area contributed by atoms with Gasteiger partial charge in [-0.1, -0.05) is 28.6 Å². The SMILES string of the molecule is CCOC(=O)CSc1cnc(NC(=O)C(=NO[C@@H]2CCOC2)c2ccc(S(=O)(=O)C3CC3)cc2)s1. The Kier molecular flexibility index (Phi) is 8.42. The number of carbonyl (C=O) groups is 2. The van der Waals surface area contributed by atoms with Crippen molar-refractivity contribution in [1.82, 2.24) is 4.98 Å². The van der Waals surface area contributed by atoms with E-state index in [1.54, 1.807) is 25.3 Å². The molecule has 2 heterocycles. The van der Waals surface area contributed by atoms with Crippen molar-refractivity contribution in [2.45, 2.75) is 46.6 Å². The number of hydrogen-bond donors (Lipinski definition) is 1. The average molecular weight is 540 g/mol. The zero-order valence-electron chi connectivity index (χ0n) is 19.0. The third kappa shape index (κ3) is 6.81. The molecule has 0 bridgehead atoms. The average Bonchev–Trinajstić information content (AvgIpc) is 3.41. The number of nitrogens with zero attached hydrogens (tertiary/aromatic N) is 2. The van der Waals surface area contributed by atoms with Crippen LogP contribution >= 0.6 is 23.1 Å². The molecule has 2 aliphatic rings. The lowest BCUT2D eigenvalue weighted by Gasteiger charge is -2.10. The van der Waals surface area contributed by atoms with Crippen LogP contribution in [0.5, 0.6) is 0 Å². The summed E-state index contributed by atoms with van der Waals surface area (Å²) in [5.41, 5.74) is 0.396. The van der Waals surface area contributed by atoms with Crippen LogP contribution in [0.1, 0.15) is 31.7 Å². The van der Waals surface area contributed by atoms with E-state index in [9.17, 15) is 18.0 Å². The van der Waals surface area contributed by atoms with Gasteiger partial charge in [-0.2, -0.15) is 0 Å². The zero-order chi connectivity index (χ0) is 24.8. The molecule has 13 heteroatoms. The number of hydrogen-bond acceptors (Lipinski definition) is 11. The van der Waals surface area contributed by atoms with Crippen molar-refractivity contribution in [1.29, 1.82) is 0 Å². The first kappa shape index (κ1) is 25.6. The summed E-state index contributed by atoms with van der Waals surface area (Å²) in [6.07, 6.45) is 3.29. The first-order chi connectivity index (χ1) is 16.9. The molecule has 1 aromatic heterocycles. The molecular formula is C22H25N3O7S3. The molecule has 1 aromatic carbocycles. The van der Waals surface area contributed by atoms with Crippen LogP contribution in [0.15, 0.2) is 44.7 Å². The molecule has 1 atom stereocenters. The van der Waals surface area contributed by atoms with Crippen LogP contribution in [-0.4, -0.2) is 67.9 Å². The fourth-order valence-electron chi connectivity index (χ4n) is 3.19. The minimum absolute atomic E-state index is 0.0109. The van der Waals surface area contributed by atoms with Gasteiger partial charge in [0.15, 0.2) is 26.8 Å². The van der Waals surface area contributed by atoms with Gasteiger partial charge >= 0.3 is 5.97 Å². The van der Waals surface area contributed by atoms with Crippen LogP contribution in [0.2, 0.25) is 0 Å². The number of rotatable bonds is 11. The topological polar surface area (TPSA) is 133 Å². The summed E-state index contributed by atoms with van der Waals surface area (Å²) >= 11 is 2.47. The van der Waals surface area contributed by atoms with Gasteiger partial charge in [0, 0.05) is 12.0 Å². The Morgan fingerprint density at radius 3 is 2.69 bits per heavy atom. The van der Waals surface area contributed by atoms with Gasteiger partial charge in [-0.15, -0.1) is 11.8 Å². The maximum Gasteiger partial charge on any atom is 0.316 e. The van der Waals surface area contributed by atoms with Crippen LogP contribution in [-0.2, 0) is 33.7 Å². The third-order valence-electron chi connectivity index (χ3n) is 5.16. The Hall–Kier alpha value is -2.48. The lowest BCUT2D eigenvalue weighted by atomic mass is 10.1. The van der Waals surface area contributed by atoms with Gasteiger partial charge in [-0.3, -0.25) is 14.9 Å².